The third-order valence-corrected chi connectivity index (χ3v) is 5.07. The van der Waals surface area contributed by atoms with Crippen LogP contribution in [-0.4, -0.2) is 36.2 Å². The molecule has 110 valence electrons. The van der Waals surface area contributed by atoms with Crippen LogP contribution < -0.4 is 5.73 Å². The highest BCUT2D eigenvalue weighted by atomic mass is 35.5. The highest BCUT2D eigenvalue weighted by molar-refractivity contribution is 7.98. The maximum Gasteiger partial charge on any atom is 0.255 e. The van der Waals surface area contributed by atoms with E-state index in [-0.39, 0.29) is 18.0 Å². The van der Waals surface area contributed by atoms with Gasteiger partial charge in [0.1, 0.15) is 0 Å². The SMILES string of the molecule is CSc1ccc(Cl)c(C(=O)N(C)C2CCC(N)CC2)c1. The fourth-order valence-electron chi connectivity index (χ4n) is 2.64. The number of benzene rings is 1. The normalized spacial score (nSPS) is 22.6. The summed E-state index contributed by atoms with van der Waals surface area (Å²) in [6.45, 7) is 0. The molecule has 0 unspecified atom stereocenters. The van der Waals surface area contributed by atoms with Crippen molar-refractivity contribution >= 4 is 29.3 Å². The lowest BCUT2D eigenvalue weighted by atomic mass is 9.90. The molecule has 20 heavy (non-hydrogen) atoms. The Labute approximate surface area is 129 Å². The van der Waals surface area contributed by atoms with Gasteiger partial charge in [0.05, 0.1) is 10.6 Å². The number of amides is 1. The molecule has 0 radical (unpaired) electrons. The first-order chi connectivity index (χ1) is 9.52. The van der Waals surface area contributed by atoms with Crippen molar-refractivity contribution in [1.82, 2.24) is 4.90 Å². The number of halogens is 1. The molecule has 0 spiro atoms. The first-order valence-electron chi connectivity index (χ1n) is 6.89. The Hall–Kier alpha value is -0.710. The first kappa shape index (κ1) is 15.7. The largest absolute Gasteiger partial charge is 0.339 e. The fourth-order valence-corrected chi connectivity index (χ4v) is 3.28. The minimum absolute atomic E-state index is 0.00590. The number of hydrogen-bond donors (Lipinski definition) is 1. The van der Waals surface area contributed by atoms with Crippen LogP contribution in [0.2, 0.25) is 5.02 Å². The average Bonchev–Trinajstić information content (AvgIpc) is 2.47. The Bertz CT molecular complexity index is 487. The van der Waals surface area contributed by atoms with Gasteiger partial charge in [-0.3, -0.25) is 4.79 Å². The lowest BCUT2D eigenvalue weighted by molar-refractivity contribution is 0.0690. The Kier molecular flexibility index (Phi) is 5.35. The molecule has 1 aromatic carbocycles. The minimum atomic E-state index is 0.00590. The number of thioether (sulfide) groups is 1. The molecule has 3 nitrogen and oxygen atoms in total. The van der Waals surface area contributed by atoms with Gasteiger partial charge < -0.3 is 10.6 Å². The van der Waals surface area contributed by atoms with Gasteiger partial charge >= 0.3 is 0 Å². The van der Waals surface area contributed by atoms with Crippen molar-refractivity contribution in [3.8, 4) is 0 Å². The van der Waals surface area contributed by atoms with Crippen molar-refractivity contribution in [3.63, 3.8) is 0 Å². The molecule has 0 saturated heterocycles. The summed E-state index contributed by atoms with van der Waals surface area (Å²) in [4.78, 5) is 15.5. The summed E-state index contributed by atoms with van der Waals surface area (Å²) >= 11 is 7.79. The molecule has 0 aromatic heterocycles. The number of carbonyl (C=O) groups is 1. The van der Waals surface area contributed by atoms with Crippen LogP contribution in [-0.2, 0) is 0 Å². The van der Waals surface area contributed by atoms with Crippen molar-refractivity contribution in [2.24, 2.45) is 5.73 Å². The summed E-state index contributed by atoms with van der Waals surface area (Å²) in [5, 5.41) is 0.521. The smallest absolute Gasteiger partial charge is 0.255 e. The van der Waals surface area contributed by atoms with E-state index in [0.717, 1.165) is 30.6 Å². The van der Waals surface area contributed by atoms with E-state index in [1.165, 1.54) is 0 Å². The second kappa shape index (κ2) is 6.83. The number of carbonyl (C=O) groups excluding carboxylic acids is 1. The molecule has 1 aromatic rings. The molecule has 0 atom stereocenters. The van der Waals surface area contributed by atoms with E-state index in [1.807, 2.05) is 30.3 Å². The van der Waals surface area contributed by atoms with E-state index in [0.29, 0.717) is 10.6 Å². The van der Waals surface area contributed by atoms with Crippen molar-refractivity contribution in [1.29, 1.82) is 0 Å². The molecule has 1 fully saturated rings. The molecule has 0 heterocycles. The minimum Gasteiger partial charge on any atom is -0.339 e. The van der Waals surface area contributed by atoms with E-state index in [1.54, 1.807) is 17.8 Å². The molecule has 2 rings (SSSR count). The highest BCUT2D eigenvalue weighted by Gasteiger charge is 2.26. The van der Waals surface area contributed by atoms with Gasteiger partial charge in [-0.15, -0.1) is 11.8 Å². The zero-order valence-corrected chi connectivity index (χ0v) is 13.5. The lowest BCUT2D eigenvalue weighted by Gasteiger charge is -2.33. The van der Waals surface area contributed by atoms with Crippen molar-refractivity contribution in [2.75, 3.05) is 13.3 Å². The summed E-state index contributed by atoms with van der Waals surface area (Å²) in [6, 6.07) is 6.17. The van der Waals surface area contributed by atoms with Crippen LogP contribution in [0, 0.1) is 0 Å². The van der Waals surface area contributed by atoms with Crippen LogP contribution in [0.1, 0.15) is 36.0 Å². The maximum absolute atomic E-state index is 12.6. The van der Waals surface area contributed by atoms with Crippen molar-refractivity contribution in [2.45, 2.75) is 42.7 Å². The standard InChI is InChI=1S/C15H21ClN2OS/c1-18(11-5-3-10(17)4-6-11)15(19)13-9-12(20-2)7-8-14(13)16/h7-11H,3-6,17H2,1-2H3. The van der Waals surface area contributed by atoms with Gasteiger partial charge in [0.15, 0.2) is 0 Å². The summed E-state index contributed by atoms with van der Waals surface area (Å²) in [7, 11) is 1.87. The van der Waals surface area contributed by atoms with Crippen LogP contribution in [0.15, 0.2) is 23.1 Å². The number of hydrogen-bond acceptors (Lipinski definition) is 3. The van der Waals surface area contributed by atoms with Crippen molar-refractivity contribution in [3.05, 3.63) is 28.8 Å². The Morgan fingerprint density at radius 3 is 2.60 bits per heavy atom. The van der Waals surface area contributed by atoms with Gasteiger partial charge in [-0.05, 0) is 50.1 Å². The Balaban J connectivity index is 2.14. The van der Waals surface area contributed by atoms with Crippen LogP contribution >= 0.6 is 23.4 Å². The molecule has 1 aliphatic carbocycles. The van der Waals surface area contributed by atoms with Crippen LogP contribution in [0.4, 0.5) is 0 Å². The molecule has 1 aliphatic rings. The molecule has 2 N–H and O–H groups in total. The molecular formula is C15H21ClN2OS. The number of rotatable bonds is 3. The van der Waals surface area contributed by atoms with Crippen LogP contribution in [0.5, 0.6) is 0 Å². The quantitative estimate of drug-likeness (QED) is 0.870. The van der Waals surface area contributed by atoms with Gasteiger partial charge in [0.25, 0.3) is 5.91 Å². The molecule has 0 aliphatic heterocycles. The van der Waals surface area contributed by atoms with Gasteiger partial charge in [-0.2, -0.15) is 0 Å². The summed E-state index contributed by atoms with van der Waals surface area (Å²) in [6.07, 6.45) is 5.91. The van der Waals surface area contributed by atoms with Gasteiger partial charge in [0, 0.05) is 24.0 Å². The first-order valence-corrected chi connectivity index (χ1v) is 8.49. The monoisotopic (exact) mass is 312 g/mol. The topological polar surface area (TPSA) is 46.3 Å². The summed E-state index contributed by atoms with van der Waals surface area (Å²) < 4.78 is 0. The molecule has 1 saturated carbocycles. The Morgan fingerprint density at radius 1 is 1.35 bits per heavy atom. The molecule has 5 heteroatoms. The predicted molar refractivity (Wildman–Crippen MR) is 85.6 cm³/mol. The van der Waals surface area contributed by atoms with Crippen LogP contribution in [0.3, 0.4) is 0 Å². The third-order valence-electron chi connectivity index (χ3n) is 4.01. The van der Waals surface area contributed by atoms with E-state index in [4.69, 9.17) is 17.3 Å². The van der Waals surface area contributed by atoms with E-state index >= 15 is 0 Å². The zero-order valence-electron chi connectivity index (χ0n) is 11.9. The lowest BCUT2D eigenvalue weighted by Crippen LogP contribution is -2.41. The second-order valence-electron chi connectivity index (χ2n) is 5.33. The second-order valence-corrected chi connectivity index (χ2v) is 6.62. The van der Waals surface area contributed by atoms with E-state index < -0.39 is 0 Å². The zero-order chi connectivity index (χ0) is 14.7. The summed E-state index contributed by atoms with van der Waals surface area (Å²) in [5.74, 6) is 0.00590. The van der Waals surface area contributed by atoms with Crippen molar-refractivity contribution < 1.29 is 4.79 Å². The van der Waals surface area contributed by atoms with E-state index in [9.17, 15) is 4.79 Å². The molecule has 0 bridgehead atoms. The Morgan fingerprint density at radius 2 is 2.00 bits per heavy atom. The predicted octanol–water partition coefficient (Wildman–Crippen LogP) is 3.40. The maximum atomic E-state index is 12.6. The molecule has 1 amide bonds. The molecular weight excluding hydrogens is 292 g/mol. The van der Waals surface area contributed by atoms with Gasteiger partial charge in [0.2, 0.25) is 0 Å². The van der Waals surface area contributed by atoms with Crippen LogP contribution in [0.25, 0.3) is 0 Å². The number of nitrogens with zero attached hydrogens (tertiary/aromatic N) is 1. The van der Waals surface area contributed by atoms with Gasteiger partial charge in [-0.1, -0.05) is 11.6 Å². The number of nitrogens with two attached hydrogens (primary N) is 1. The highest BCUT2D eigenvalue weighted by Crippen LogP contribution is 2.27. The summed E-state index contributed by atoms with van der Waals surface area (Å²) in [5.41, 5.74) is 6.51. The average molecular weight is 313 g/mol. The fraction of sp³-hybridized carbons (Fsp3) is 0.533. The third kappa shape index (κ3) is 3.48. The van der Waals surface area contributed by atoms with Gasteiger partial charge in [-0.25, -0.2) is 0 Å². The van der Waals surface area contributed by atoms with E-state index in [2.05, 4.69) is 0 Å².